The van der Waals surface area contributed by atoms with Crippen LogP contribution in [0.1, 0.15) is 26.5 Å². The van der Waals surface area contributed by atoms with Crippen LogP contribution in [0.15, 0.2) is 5.03 Å². The molecule has 0 bridgehead atoms. The van der Waals surface area contributed by atoms with Crippen LogP contribution < -0.4 is 5.73 Å². The van der Waals surface area contributed by atoms with Crippen molar-refractivity contribution >= 4 is 17.4 Å². The molecule has 1 rings (SSSR count). The molecule has 4 nitrogen and oxygen atoms in total. The van der Waals surface area contributed by atoms with E-state index in [1.807, 2.05) is 25.5 Å². The molecule has 5 heteroatoms. The summed E-state index contributed by atoms with van der Waals surface area (Å²) in [5.41, 5.74) is 7.53. The van der Waals surface area contributed by atoms with Gasteiger partial charge in [0.15, 0.2) is 0 Å². The Morgan fingerprint density at radius 1 is 1.53 bits per heavy atom. The predicted octanol–water partition coefficient (Wildman–Crippen LogP) is 1.66. The van der Waals surface area contributed by atoms with Crippen LogP contribution in [0, 0.1) is 6.92 Å². The molecular formula is C10H19N3OS. The SMILES string of the molecule is CCn1nc(C)c(N)c1SC(C)C(C)O. The zero-order valence-electron chi connectivity index (χ0n) is 9.69. The van der Waals surface area contributed by atoms with E-state index in [0.29, 0.717) is 0 Å². The minimum atomic E-state index is -0.352. The summed E-state index contributed by atoms with van der Waals surface area (Å²) in [6, 6.07) is 0. The molecule has 0 aliphatic carbocycles. The molecule has 0 fully saturated rings. The zero-order valence-corrected chi connectivity index (χ0v) is 10.5. The fourth-order valence-electron chi connectivity index (χ4n) is 1.19. The van der Waals surface area contributed by atoms with Crippen LogP contribution >= 0.6 is 11.8 Å². The molecule has 0 aliphatic rings. The van der Waals surface area contributed by atoms with Crippen molar-refractivity contribution in [1.82, 2.24) is 9.78 Å². The van der Waals surface area contributed by atoms with Crippen LogP contribution in [0.3, 0.4) is 0 Å². The summed E-state index contributed by atoms with van der Waals surface area (Å²) < 4.78 is 1.88. The molecule has 15 heavy (non-hydrogen) atoms. The third-order valence-corrected chi connectivity index (χ3v) is 3.82. The fourth-order valence-corrected chi connectivity index (χ4v) is 2.30. The Hall–Kier alpha value is -0.680. The number of thioether (sulfide) groups is 1. The highest BCUT2D eigenvalue weighted by Crippen LogP contribution is 2.31. The van der Waals surface area contributed by atoms with Gasteiger partial charge in [-0.15, -0.1) is 0 Å². The van der Waals surface area contributed by atoms with Gasteiger partial charge in [-0.05, 0) is 20.8 Å². The Kier molecular flexibility index (Phi) is 4.04. The van der Waals surface area contributed by atoms with Crippen LogP contribution in [0.25, 0.3) is 0 Å². The monoisotopic (exact) mass is 229 g/mol. The number of aliphatic hydroxyl groups excluding tert-OH is 1. The van der Waals surface area contributed by atoms with E-state index in [-0.39, 0.29) is 11.4 Å². The van der Waals surface area contributed by atoms with Gasteiger partial charge in [0.1, 0.15) is 5.03 Å². The van der Waals surface area contributed by atoms with Crippen molar-refractivity contribution in [1.29, 1.82) is 0 Å². The van der Waals surface area contributed by atoms with Crippen molar-refractivity contribution < 1.29 is 5.11 Å². The molecule has 2 atom stereocenters. The van der Waals surface area contributed by atoms with E-state index in [1.165, 1.54) is 0 Å². The Balaban J connectivity index is 2.92. The molecule has 1 aromatic rings. The van der Waals surface area contributed by atoms with Crippen molar-refractivity contribution in [3.63, 3.8) is 0 Å². The minimum Gasteiger partial charge on any atom is -0.395 e. The first kappa shape index (κ1) is 12.4. The molecule has 0 saturated heterocycles. The van der Waals surface area contributed by atoms with Crippen LogP contribution in [-0.4, -0.2) is 26.2 Å². The van der Waals surface area contributed by atoms with Gasteiger partial charge in [-0.25, -0.2) is 0 Å². The summed E-state index contributed by atoms with van der Waals surface area (Å²) >= 11 is 1.58. The van der Waals surface area contributed by atoms with Crippen LogP contribution in [-0.2, 0) is 6.54 Å². The van der Waals surface area contributed by atoms with E-state index in [9.17, 15) is 5.11 Å². The number of anilines is 1. The van der Waals surface area contributed by atoms with E-state index in [0.717, 1.165) is 23.0 Å². The lowest BCUT2D eigenvalue weighted by Crippen LogP contribution is -2.16. The Labute approximate surface area is 94.9 Å². The lowest BCUT2D eigenvalue weighted by atomic mass is 10.3. The first-order valence-corrected chi connectivity index (χ1v) is 6.02. The number of nitrogens with zero attached hydrogens (tertiary/aromatic N) is 2. The summed E-state index contributed by atoms with van der Waals surface area (Å²) in [5.74, 6) is 0. The number of rotatable bonds is 4. The molecule has 1 heterocycles. The summed E-state index contributed by atoms with van der Waals surface area (Å²) in [6.45, 7) is 8.50. The fraction of sp³-hybridized carbons (Fsp3) is 0.700. The summed E-state index contributed by atoms with van der Waals surface area (Å²) in [4.78, 5) is 0. The summed E-state index contributed by atoms with van der Waals surface area (Å²) in [7, 11) is 0. The van der Waals surface area contributed by atoms with Gasteiger partial charge in [0.05, 0.1) is 17.5 Å². The average molecular weight is 229 g/mol. The second-order valence-corrected chi connectivity index (χ2v) is 5.05. The minimum absolute atomic E-state index is 0.119. The quantitative estimate of drug-likeness (QED) is 0.771. The third kappa shape index (κ3) is 2.66. The predicted molar refractivity (Wildman–Crippen MR) is 64.1 cm³/mol. The number of hydrogen-bond donors (Lipinski definition) is 2. The van der Waals surface area contributed by atoms with Crippen molar-refractivity contribution in [2.24, 2.45) is 0 Å². The van der Waals surface area contributed by atoms with Gasteiger partial charge in [-0.1, -0.05) is 18.7 Å². The number of aryl methyl sites for hydroxylation is 2. The van der Waals surface area contributed by atoms with E-state index >= 15 is 0 Å². The first-order chi connectivity index (χ1) is 6.97. The molecular weight excluding hydrogens is 210 g/mol. The molecule has 0 spiro atoms. The summed E-state index contributed by atoms with van der Waals surface area (Å²) in [5, 5.41) is 14.9. The van der Waals surface area contributed by atoms with Crippen molar-refractivity contribution in [2.75, 3.05) is 5.73 Å². The number of nitrogens with two attached hydrogens (primary N) is 1. The van der Waals surface area contributed by atoms with Crippen LogP contribution in [0.5, 0.6) is 0 Å². The van der Waals surface area contributed by atoms with Gasteiger partial charge in [-0.2, -0.15) is 5.10 Å². The molecule has 86 valence electrons. The van der Waals surface area contributed by atoms with Crippen LogP contribution in [0.2, 0.25) is 0 Å². The molecule has 0 aliphatic heterocycles. The number of nitrogen functional groups attached to an aromatic ring is 1. The number of aliphatic hydroxyl groups is 1. The second-order valence-electron chi connectivity index (χ2n) is 3.68. The molecule has 0 radical (unpaired) electrons. The van der Waals surface area contributed by atoms with Crippen molar-refractivity contribution in [2.45, 2.75) is 50.6 Å². The van der Waals surface area contributed by atoms with Gasteiger partial charge < -0.3 is 10.8 Å². The number of aromatic nitrogens is 2. The highest BCUT2D eigenvalue weighted by atomic mass is 32.2. The van der Waals surface area contributed by atoms with E-state index in [1.54, 1.807) is 18.7 Å². The van der Waals surface area contributed by atoms with Gasteiger partial charge >= 0.3 is 0 Å². The standard InChI is InChI=1S/C10H19N3OS/c1-5-13-10(9(11)6(2)12-13)15-8(4)7(3)14/h7-8,14H,5,11H2,1-4H3. The van der Waals surface area contributed by atoms with Gasteiger partial charge in [0, 0.05) is 11.8 Å². The molecule has 0 saturated carbocycles. The molecule has 3 N–H and O–H groups in total. The first-order valence-electron chi connectivity index (χ1n) is 5.15. The Morgan fingerprint density at radius 2 is 2.13 bits per heavy atom. The average Bonchev–Trinajstić information content (AvgIpc) is 2.45. The molecule has 0 aromatic carbocycles. The zero-order chi connectivity index (χ0) is 11.6. The van der Waals surface area contributed by atoms with Gasteiger partial charge in [-0.3, -0.25) is 4.68 Å². The van der Waals surface area contributed by atoms with E-state index < -0.39 is 0 Å². The Bertz CT molecular complexity index is 336. The highest BCUT2D eigenvalue weighted by Gasteiger charge is 2.17. The van der Waals surface area contributed by atoms with Crippen molar-refractivity contribution in [3.8, 4) is 0 Å². The van der Waals surface area contributed by atoms with Crippen molar-refractivity contribution in [3.05, 3.63) is 5.69 Å². The Morgan fingerprint density at radius 3 is 2.60 bits per heavy atom. The second kappa shape index (κ2) is 4.90. The van der Waals surface area contributed by atoms with E-state index in [2.05, 4.69) is 5.10 Å². The normalized spacial score (nSPS) is 15.3. The summed E-state index contributed by atoms with van der Waals surface area (Å²) in [6.07, 6.45) is -0.352. The smallest absolute Gasteiger partial charge is 0.118 e. The van der Waals surface area contributed by atoms with Gasteiger partial charge in [0.2, 0.25) is 0 Å². The molecule has 2 unspecified atom stereocenters. The topological polar surface area (TPSA) is 64.1 Å². The highest BCUT2D eigenvalue weighted by molar-refractivity contribution is 8.00. The van der Waals surface area contributed by atoms with E-state index in [4.69, 9.17) is 5.73 Å². The lowest BCUT2D eigenvalue weighted by molar-refractivity contribution is 0.196. The van der Waals surface area contributed by atoms with Crippen LogP contribution in [0.4, 0.5) is 5.69 Å². The maximum absolute atomic E-state index is 9.45. The maximum atomic E-state index is 9.45. The third-order valence-electron chi connectivity index (χ3n) is 2.40. The largest absolute Gasteiger partial charge is 0.395 e. The maximum Gasteiger partial charge on any atom is 0.118 e. The van der Waals surface area contributed by atoms with Gasteiger partial charge in [0.25, 0.3) is 0 Å². The molecule has 1 aromatic heterocycles. The number of hydrogen-bond acceptors (Lipinski definition) is 4. The lowest BCUT2D eigenvalue weighted by Gasteiger charge is -2.15. The molecule has 0 amide bonds.